The fraction of sp³-hybridized carbons (Fsp3) is 0.500. The molecule has 2 aromatic rings. The van der Waals surface area contributed by atoms with Gasteiger partial charge in [-0.25, -0.2) is 0 Å². The number of rotatable bonds is 6. The van der Waals surface area contributed by atoms with E-state index < -0.39 is 0 Å². The average molecular weight is 482 g/mol. The van der Waals surface area contributed by atoms with E-state index in [1.807, 2.05) is 30.2 Å². The smallest absolute Gasteiger partial charge is 0.193 e. The van der Waals surface area contributed by atoms with E-state index in [1.54, 1.807) is 0 Å². The zero-order valence-corrected chi connectivity index (χ0v) is 18.6. The number of aliphatic imine (C=N–C) groups is 1. The molecule has 1 aromatic heterocycles. The molecule has 0 saturated carbocycles. The Hall–Kier alpha value is -1.61. The van der Waals surface area contributed by atoms with Gasteiger partial charge in [-0.1, -0.05) is 37.3 Å². The van der Waals surface area contributed by atoms with Crippen LogP contribution in [0.1, 0.15) is 12.5 Å². The summed E-state index contributed by atoms with van der Waals surface area (Å²) in [5, 5.41) is 7.81. The van der Waals surface area contributed by atoms with E-state index in [0.717, 1.165) is 51.8 Å². The highest BCUT2D eigenvalue weighted by molar-refractivity contribution is 14.0. The Morgan fingerprint density at radius 1 is 1.15 bits per heavy atom. The highest BCUT2D eigenvalue weighted by Gasteiger charge is 2.19. The first kappa shape index (κ1) is 21.7. The summed E-state index contributed by atoms with van der Waals surface area (Å²) in [5.41, 5.74) is 1.39. The van der Waals surface area contributed by atoms with E-state index in [9.17, 15) is 0 Å². The Morgan fingerprint density at radius 2 is 1.89 bits per heavy atom. The SMILES string of the molecule is CN=C(NCC(C)Cn1cccn1)N1CCN(Cc2ccccc2)CC1.I. The number of halogens is 1. The van der Waals surface area contributed by atoms with E-state index >= 15 is 0 Å². The van der Waals surface area contributed by atoms with Crippen LogP contribution in [0.5, 0.6) is 0 Å². The van der Waals surface area contributed by atoms with Crippen LogP contribution >= 0.6 is 24.0 Å². The molecule has 0 aliphatic carbocycles. The van der Waals surface area contributed by atoms with Crippen molar-refractivity contribution in [2.45, 2.75) is 20.0 Å². The van der Waals surface area contributed by atoms with Gasteiger partial charge in [-0.15, -0.1) is 24.0 Å². The van der Waals surface area contributed by atoms with Gasteiger partial charge >= 0.3 is 0 Å². The molecule has 6 nitrogen and oxygen atoms in total. The second-order valence-corrected chi connectivity index (χ2v) is 7.01. The van der Waals surface area contributed by atoms with Gasteiger partial charge in [0.05, 0.1) is 0 Å². The fourth-order valence-electron chi connectivity index (χ4n) is 3.35. The van der Waals surface area contributed by atoms with Gasteiger partial charge in [-0.05, 0) is 17.5 Å². The van der Waals surface area contributed by atoms with Crippen LogP contribution in [-0.4, -0.2) is 65.3 Å². The van der Waals surface area contributed by atoms with Gasteiger partial charge < -0.3 is 10.2 Å². The van der Waals surface area contributed by atoms with Gasteiger partial charge in [0.2, 0.25) is 0 Å². The fourth-order valence-corrected chi connectivity index (χ4v) is 3.35. The van der Waals surface area contributed by atoms with Crippen LogP contribution in [0.3, 0.4) is 0 Å². The first-order valence-corrected chi connectivity index (χ1v) is 9.44. The third-order valence-corrected chi connectivity index (χ3v) is 4.80. The van der Waals surface area contributed by atoms with Crippen LogP contribution in [-0.2, 0) is 13.1 Å². The van der Waals surface area contributed by atoms with E-state index in [4.69, 9.17) is 0 Å². The number of aromatic nitrogens is 2. The quantitative estimate of drug-likeness (QED) is 0.391. The number of guanidine groups is 1. The zero-order valence-electron chi connectivity index (χ0n) is 16.3. The summed E-state index contributed by atoms with van der Waals surface area (Å²) < 4.78 is 1.98. The second kappa shape index (κ2) is 11.3. The van der Waals surface area contributed by atoms with Crippen molar-refractivity contribution in [2.24, 2.45) is 10.9 Å². The molecular formula is C20H31IN6. The molecule has 0 bridgehead atoms. The van der Waals surface area contributed by atoms with Crippen LogP contribution in [0.2, 0.25) is 0 Å². The van der Waals surface area contributed by atoms with Crippen LogP contribution in [0.15, 0.2) is 53.8 Å². The summed E-state index contributed by atoms with van der Waals surface area (Å²) >= 11 is 0. The molecule has 7 heteroatoms. The number of nitrogens with one attached hydrogen (secondary N) is 1. The lowest BCUT2D eigenvalue weighted by Gasteiger charge is -2.36. The summed E-state index contributed by atoms with van der Waals surface area (Å²) in [6.07, 6.45) is 3.84. The van der Waals surface area contributed by atoms with Gasteiger partial charge in [0.15, 0.2) is 5.96 Å². The summed E-state index contributed by atoms with van der Waals surface area (Å²) in [4.78, 5) is 9.36. The molecule has 1 N–H and O–H groups in total. The van der Waals surface area contributed by atoms with E-state index in [-0.39, 0.29) is 24.0 Å². The number of hydrogen-bond donors (Lipinski definition) is 1. The van der Waals surface area contributed by atoms with E-state index in [2.05, 4.69) is 62.5 Å². The third kappa shape index (κ3) is 6.80. The molecule has 1 unspecified atom stereocenters. The Bertz CT molecular complexity index is 665. The Morgan fingerprint density at radius 3 is 2.52 bits per heavy atom. The number of benzene rings is 1. The van der Waals surface area contributed by atoms with Crippen molar-refractivity contribution < 1.29 is 0 Å². The third-order valence-electron chi connectivity index (χ3n) is 4.80. The zero-order chi connectivity index (χ0) is 18.2. The van der Waals surface area contributed by atoms with Crippen LogP contribution in [0.4, 0.5) is 0 Å². The van der Waals surface area contributed by atoms with Gasteiger partial charge in [0, 0.05) is 65.3 Å². The average Bonchev–Trinajstić information content (AvgIpc) is 3.17. The summed E-state index contributed by atoms with van der Waals surface area (Å²) in [6.45, 7) is 9.25. The van der Waals surface area contributed by atoms with Gasteiger partial charge in [0.25, 0.3) is 0 Å². The standard InChI is InChI=1S/C20H30N6.HI/c1-18(16-26-10-6-9-23-26)15-22-20(21-2)25-13-11-24(12-14-25)17-19-7-4-3-5-8-19;/h3-10,18H,11-17H2,1-2H3,(H,21,22);1H. The number of nitrogens with zero attached hydrogens (tertiary/aromatic N) is 5. The molecular weight excluding hydrogens is 451 g/mol. The molecule has 1 aromatic carbocycles. The van der Waals surface area contributed by atoms with Crippen molar-refractivity contribution in [1.82, 2.24) is 24.9 Å². The molecule has 2 heterocycles. The molecule has 1 fully saturated rings. The van der Waals surface area contributed by atoms with Crippen LogP contribution in [0, 0.1) is 5.92 Å². The first-order chi connectivity index (χ1) is 12.7. The van der Waals surface area contributed by atoms with Gasteiger partial charge in [-0.2, -0.15) is 5.10 Å². The molecule has 1 aliphatic heterocycles. The summed E-state index contributed by atoms with van der Waals surface area (Å²) in [6, 6.07) is 12.7. The van der Waals surface area contributed by atoms with Gasteiger partial charge in [0.1, 0.15) is 0 Å². The largest absolute Gasteiger partial charge is 0.356 e. The van der Waals surface area contributed by atoms with Crippen molar-refractivity contribution in [3.8, 4) is 0 Å². The molecule has 3 rings (SSSR count). The topological polar surface area (TPSA) is 48.7 Å². The molecule has 1 saturated heterocycles. The maximum atomic E-state index is 4.48. The maximum Gasteiger partial charge on any atom is 0.193 e. The Balaban J connectivity index is 0.00000261. The predicted molar refractivity (Wildman–Crippen MR) is 121 cm³/mol. The minimum absolute atomic E-state index is 0. The minimum atomic E-state index is 0. The molecule has 0 radical (unpaired) electrons. The van der Waals surface area contributed by atoms with E-state index in [1.165, 1.54) is 5.56 Å². The Kier molecular flexibility index (Phi) is 9.06. The summed E-state index contributed by atoms with van der Waals surface area (Å²) in [5.74, 6) is 1.50. The second-order valence-electron chi connectivity index (χ2n) is 7.01. The van der Waals surface area contributed by atoms with Crippen molar-refractivity contribution in [1.29, 1.82) is 0 Å². The Labute approximate surface area is 179 Å². The molecule has 0 spiro atoms. The normalized spacial score (nSPS) is 16.7. The molecule has 1 atom stereocenters. The van der Waals surface area contributed by atoms with Crippen molar-refractivity contribution in [2.75, 3.05) is 39.8 Å². The lowest BCUT2D eigenvalue weighted by Crippen LogP contribution is -2.52. The molecule has 27 heavy (non-hydrogen) atoms. The number of piperazine rings is 1. The molecule has 0 amide bonds. The summed E-state index contributed by atoms with van der Waals surface area (Å²) in [7, 11) is 1.87. The maximum absolute atomic E-state index is 4.48. The number of hydrogen-bond acceptors (Lipinski definition) is 3. The minimum Gasteiger partial charge on any atom is -0.356 e. The molecule has 148 valence electrons. The predicted octanol–water partition coefficient (Wildman–Crippen LogP) is 2.53. The van der Waals surface area contributed by atoms with Gasteiger partial charge in [-0.3, -0.25) is 14.6 Å². The van der Waals surface area contributed by atoms with Crippen LogP contribution < -0.4 is 5.32 Å². The first-order valence-electron chi connectivity index (χ1n) is 9.44. The van der Waals surface area contributed by atoms with Crippen LogP contribution in [0.25, 0.3) is 0 Å². The van der Waals surface area contributed by atoms with Crippen molar-refractivity contribution in [3.05, 3.63) is 54.4 Å². The van der Waals surface area contributed by atoms with Crippen molar-refractivity contribution in [3.63, 3.8) is 0 Å². The highest BCUT2D eigenvalue weighted by Crippen LogP contribution is 2.09. The van der Waals surface area contributed by atoms with E-state index in [0.29, 0.717) is 5.92 Å². The van der Waals surface area contributed by atoms with Crippen molar-refractivity contribution >= 4 is 29.9 Å². The monoisotopic (exact) mass is 482 g/mol. The molecule has 1 aliphatic rings. The lowest BCUT2D eigenvalue weighted by molar-refractivity contribution is 0.172. The lowest BCUT2D eigenvalue weighted by atomic mass is 10.2. The highest BCUT2D eigenvalue weighted by atomic mass is 127.